The number of carboxylic acids is 1. The number of aromatic nitrogens is 1. The Balaban J connectivity index is 1.87. The van der Waals surface area contributed by atoms with Gasteiger partial charge in [-0.25, -0.2) is 4.98 Å². The van der Waals surface area contributed by atoms with Gasteiger partial charge in [-0.2, -0.15) is 5.26 Å². The number of pyridine rings is 1. The van der Waals surface area contributed by atoms with Crippen molar-refractivity contribution in [3.8, 4) is 28.0 Å². The minimum Gasteiger partial charge on any atom is -0.480 e. The van der Waals surface area contributed by atoms with Crippen molar-refractivity contribution >= 4 is 29.1 Å². The lowest BCUT2D eigenvalue weighted by atomic mass is 10.1. The van der Waals surface area contributed by atoms with Crippen molar-refractivity contribution in [2.75, 3.05) is 0 Å². The molecule has 1 N–H and O–H groups in total. The lowest BCUT2D eigenvalue weighted by Crippen LogP contribution is -2.09. The fourth-order valence-corrected chi connectivity index (χ4v) is 4.62. The molecule has 0 saturated heterocycles. The molecular weight excluding hydrogens is 404 g/mol. The Labute approximate surface area is 175 Å². The Morgan fingerprint density at radius 1 is 1.17 bits per heavy atom. The second kappa shape index (κ2) is 8.35. The maximum Gasteiger partial charge on any atom is 0.321 e. The average Bonchev–Trinajstić information content (AvgIpc) is 3.46. The van der Waals surface area contributed by atoms with Gasteiger partial charge in [0.05, 0.1) is 22.4 Å². The highest BCUT2D eigenvalue weighted by molar-refractivity contribution is 8.00. The van der Waals surface area contributed by atoms with Crippen LogP contribution in [0.25, 0.3) is 21.9 Å². The van der Waals surface area contributed by atoms with Crippen molar-refractivity contribution in [2.45, 2.75) is 10.3 Å². The van der Waals surface area contributed by atoms with E-state index in [2.05, 4.69) is 11.1 Å². The highest BCUT2D eigenvalue weighted by atomic mass is 32.2. The van der Waals surface area contributed by atoms with Crippen LogP contribution < -0.4 is 0 Å². The molecule has 4 rings (SSSR count). The van der Waals surface area contributed by atoms with Crippen molar-refractivity contribution in [2.24, 2.45) is 0 Å². The Kier molecular flexibility index (Phi) is 5.47. The lowest BCUT2D eigenvalue weighted by Gasteiger charge is -2.15. The van der Waals surface area contributed by atoms with Crippen LogP contribution >= 0.6 is 23.1 Å². The summed E-state index contributed by atoms with van der Waals surface area (Å²) in [6.45, 7) is 0. The largest absolute Gasteiger partial charge is 0.480 e. The van der Waals surface area contributed by atoms with Crippen LogP contribution in [0.4, 0.5) is 0 Å². The molecule has 3 aromatic heterocycles. The van der Waals surface area contributed by atoms with Crippen molar-refractivity contribution < 1.29 is 14.3 Å². The summed E-state index contributed by atoms with van der Waals surface area (Å²) in [5.74, 6) is -0.455. The average molecular weight is 418 g/mol. The molecule has 0 amide bonds. The first kappa shape index (κ1) is 19.0. The molecule has 5 nitrogen and oxygen atoms in total. The summed E-state index contributed by atoms with van der Waals surface area (Å²) in [5.41, 5.74) is 2.20. The molecule has 0 fully saturated rings. The first-order valence-electron chi connectivity index (χ1n) is 8.64. The molecule has 0 bridgehead atoms. The van der Waals surface area contributed by atoms with Crippen LogP contribution in [0.2, 0.25) is 0 Å². The highest BCUT2D eigenvalue weighted by Gasteiger charge is 2.26. The molecule has 0 aliphatic heterocycles. The van der Waals surface area contributed by atoms with Crippen LogP contribution in [0, 0.1) is 11.3 Å². The molecule has 0 radical (unpaired) electrons. The van der Waals surface area contributed by atoms with Gasteiger partial charge in [0.2, 0.25) is 0 Å². The standard InChI is InChI=1S/C22H14N2O3S2/c23-13-16-15(18-8-4-10-27-18)12-17(19-9-5-11-28-19)24-21(16)29-20(22(25)26)14-6-2-1-3-7-14/h1-12,20H,(H,25,26). The quantitative estimate of drug-likeness (QED) is 0.395. The Morgan fingerprint density at radius 2 is 2.00 bits per heavy atom. The predicted molar refractivity (Wildman–Crippen MR) is 113 cm³/mol. The summed E-state index contributed by atoms with van der Waals surface area (Å²) in [6, 6.07) is 20.3. The van der Waals surface area contributed by atoms with E-state index in [0.29, 0.717) is 33.2 Å². The zero-order valence-electron chi connectivity index (χ0n) is 15.0. The maximum absolute atomic E-state index is 12.0. The van der Waals surface area contributed by atoms with Gasteiger partial charge in [0.15, 0.2) is 0 Å². The van der Waals surface area contributed by atoms with Gasteiger partial charge in [-0.05, 0) is 35.2 Å². The SMILES string of the molecule is N#Cc1c(-c2ccco2)cc(-c2cccs2)nc1SC(C(=O)O)c1ccccc1. The zero-order valence-corrected chi connectivity index (χ0v) is 16.6. The molecule has 0 aliphatic carbocycles. The summed E-state index contributed by atoms with van der Waals surface area (Å²) in [4.78, 5) is 17.6. The summed E-state index contributed by atoms with van der Waals surface area (Å²) in [5, 5.41) is 21.1. The molecule has 7 heteroatoms. The Hall–Kier alpha value is -3.34. The molecule has 0 saturated carbocycles. The number of thioether (sulfide) groups is 1. The number of hydrogen-bond donors (Lipinski definition) is 1. The number of carboxylic acid groups (broad SMARTS) is 1. The molecule has 3 heterocycles. The second-order valence-electron chi connectivity index (χ2n) is 6.05. The normalized spacial score (nSPS) is 11.7. The Bertz CT molecular complexity index is 1170. The topological polar surface area (TPSA) is 87.1 Å². The van der Waals surface area contributed by atoms with E-state index < -0.39 is 11.2 Å². The lowest BCUT2D eigenvalue weighted by molar-refractivity contribution is -0.136. The predicted octanol–water partition coefficient (Wildman–Crippen LogP) is 5.86. The first-order valence-corrected chi connectivity index (χ1v) is 10.4. The minimum atomic E-state index is -0.993. The van der Waals surface area contributed by atoms with Crippen molar-refractivity contribution in [1.82, 2.24) is 4.98 Å². The van der Waals surface area contributed by atoms with Gasteiger partial charge >= 0.3 is 5.97 Å². The molecule has 142 valence electrons. The van der Waals surface area contributed by atoms with Gasteiger partial charge in [0.25, 0.3) is 0 Å². The molecule has 1 unspecified atom stereocenters. The van der Waals surface area contributed by atoms with Crippen molar-refractivity contribution in [3.63, 3.8) is 0 Å². The van der Waals surface area contributed by atoms with E-state index in [-0.39, 0.29) is 0 Å². The number of rotatable bonds is 6. The molecule has 0 aliphatic rings. The first-order chi connectivity index (χ1) is 14.2. The smallest absolute Gasteiger partial charge is 0.321 e. The maximum atomic E-state index is 12.0. The van der Waals surface area contributed by atoms with Crippen LogP contribution in [0.5, 0.6) is 0 Å². The van der Waals surface area contributed by atoms with E-state index in [9.17, 15) is 15.2 Å². The summed E-state index contributed by atoms with van der Waals surface area (Å²) in [6.07, 6.45) is 1.54. The summed E-state index contributed by atoms with van der Waals surface area (Å²) in [7, 11) is 0. The minimum absolute atomic E-state index is 0.299. The van der Waals surface area contributed by atoms with Gasteiger partial charge in [-0.1, -0.05) is 48.2 Å². The van der Waals surface area contributed by atoms with Crippen LogP contribution in [0.3, 0.4) is 0 Å². The number of hydrogen-bond acceptors (Lipinski definition) is 6. The number of carbonyl (C=O) groups is 1. The molecule has 4 aromatic rings. The van der Waals surface area contributed by atoms with E-state index in [0.717, 1.165) is 16.6 Å². The molecule has 0 spiro atoms. The number of benzene rings is 1. The fraction of sp³-hybridized carbons (Fsp3) is 0.0455. The summed E-state index contributed by atoms with van der Waals surface area (Å²) >= 11 is 2.58. The van der Waals surface area contributed by atoms with E-state index in [1.807, 2.05) is 29.6 Å². The third-order valence-electron chi connectivity index (χ3n) is 4.21. The number of furan rings is 1. The van der Waals surface area contributed by atoms with E-state index in [1.165, 1.54) is 11.3 Å². The van der Waals surface area contributed by atoms with E-state index in [1.54, 1.807) is 42.7 Å². The molecular formula is C22H14N2O3S2. The number of aliphatic carboxylic acids is 1. The van der Waals surface area contributed by atoms with Crippen molar-refractivity contribution in [1.29, 1.82) is 5.26 Å². The van der Waals surface area contributed by atoms with Crippen LogP contribution in [-0.4, -0.2) is 16.1 Å². The summed E-state index contributed by atoms with van der Waals surface area (Å²) < 4.78 is 5.53. The highest BCUT2D eigenvalue weighted by Crippen LogP contribution is 2.41. The van der Waals surface area contributed by atoms with Gasteiger partial charge < -0.3 is 9.52 Å². The van der Waals surface area contributed by atoms with Gasteiger partial charge in [0.1, 0.15) is 22.1 Å². The zero-order chi connectivity index (χ0) is 20.2. The monoisotopic (exact) mass is 418 g/mol. The van der Waals surface area contributed by atoms with Gasteiger partial charge in [-0.15, -0.1) is 11.3 Å². The third kappa shape index (κ3) is 3.94. The van der Waals surface area contributed by atoms with Crippen LogP contribution in [0.1, 0.15) is 16.4 Å². The molecule has 29 heavy (non-hydrogen) atoms. The third-order valence-corrected chi connectivity index (χ3v) is 6.33. The van der Waals surface area contributed by atoms with Crippen LogP contribution in [0.15, 0.2) is 81.8 Å². The Morgan fingerprint density at radius 3 is 2.62 bits per heavy atom. The van der Waals surface area contributed by atoms with E-state index >= 15 is 0 Å². The molecule has 1 atom stereocenters. The van der Waals surface area contributed by atoms with Crippen LogP contribution in [-0.2, 0) is 4.79 Å². The van der Waals surface area contributed by atoms with E-state index in [4.69, 9.17) is 4.42 Å². The number of nitriles is 1. The van der Waals surface area contributed by atoms with Gasteiger partial charge in [-0.3, -0.25) is 4.79 Å². The van der Waals surface area contributed by atoms with Gasteiger partial charge in [0, 0.05) is 5.56 Å². The molecule has 1 aromatic carbocycles. The second-order valence-corrected chi connectivity index (χ2v) is 8.09. The number of thiophene rings is 1. The van der Waals surface area contributed by atoms with Crippen molar-refractivity contribution in [3.05, 3.63) is 83.4 Å². The number of nitrogens with zero attached hydrogens (tertiary/aromatic N) is 2. The fourth-order valence-electron chi connectivity index (χ4n) is 2.89.